The number of hydrogen-bond donors (Lipinski definition) is 0. The second-order valence-corrected chi connectivity index (χ2v) is 5.86. The van der Waals surface area contributed by atoms with E-state index in [2.05, 4.69) is 19.9 Å². The number of halogens is 2. The molecule has 0 aromatic carbocycles. The Kier molecular flexibility index (Phi) is 2.68. The van der Waals surface area contributed by atoms with Gasteiger partial charge in [0.1, 0.15) is 23.3 Å². The molecule has 2 aromatic heterocycles. The van der Waals surface area contributed by atoms with E-state index in [1.54, 1.807) is 0 Å². The van der Waals surface area contributed by atoms with E-state index in [1.165, 1.54) is 11.8 Å². The highest BCUT2D eigenvalue weighted by Gasteiger charge is 2.36. The van der Waals surface area contributed by atoms with Crippen LogP contribution in [0.3, 0.4) is 0 Å². The molecule has 4 heterocycles. The minimum absolute atomic E-state index is 0.182. The smallest absolute Gasteiger partial charge is 0.228 e. The van der Waals surface area contributed by atoms with Crippen LogP contribution < -0.4 is 9.64 Å². The first-order valence-electron chi connectivity index (χ1n) is 6.19. The zero-order valence-electron chi connectivity index (χ0n) is 10.6. The van der Waals surface area contributed by atoms with Crippen LogP contribution in [0.5, 0.6) is 5.88 Å². The molecule has 0 aliphatic carbocycles. The lowest BCUT2D eigenvalue weighted by Gasteiger charge is -2.40. The number of aromatic nitrogens is 3. The largest absolute Gasteiger partial charge is 0.475 e. The van der Waals surface area contributed by atoms with Crippen molar-refractivity contribution in [3.8, 4) is 5.88 Å². The van der Waals surface area contributed by atoms with Crippen molar-refractivity contribution in [3.63, 3.8) is 0 Å². The molecule has 0 bridgehead atoms. The van der Waals surface area contributed by atoms with E-state index in [1.807, 2.05) is 6.26 Å². The maximum absolute atomic E-state index is 14.2. The fourth-order valence-corrected chi connectivity index (χ4v) is 3.07. The van der Waals surface area contributed by atoms with Crippen molar-refractivity contribution in [1.82, 2.24) is 15.0 Å². The molecule has 104 valence electrons. The van der Waals surface area contributed by atoms with Gasteiger partial charge in [-0.05, 0) is 12.7 Å². The number of fused-ring (bicyclic) bond motifs is 2. The van der Waals surface area contributed by atoms with Crippen molar-refractivity contribution >= 4 is 40.1 Å². The molecule has 0 spiro atoms. The molecule has 1 saturated heterocycles. The summed E-state index contributed by atoms with van der Waals surface area (Å²) in [5.41, 5.74) is 0.182. The zero-order chi connectivity index (χ0) is 13.9. The van der Waals surface area contributed by atoms with Crippen molar-refractivity contribution in [3.05, 3.63) is 11.0 Å². The summed E-state index contributed by atoms with van der Waals surface area (Å²) in [6.45, 7) is 1.40. The van der Waals surface area contributed by atoms with E-state index in [0.717, 1.165) is 13.0 Å². The van der Waals surface area contributed by atoms with Crippen molar-refractivity contribution in [2.75, 3.05) is 24.3 Å². The van der Waals surface area contributed by atoms with E-state index >= 15 is 0 Å². The summed E-state index contributed by atoms with van der Waals surface area (Å²) in [4.78, 5) is 14.9. The van der Waals surface area contributed by atoms with Gasteiger partial charge in [0, 0.05) is 6.54 Å². The first-order chi connectivity index (χ1) is 9.69. The van der Waals surface area contributed by atoms with Crippen molar-refractivity contribution in [2.24, 2.45) is 0 Å². The lowest BCUT2D eigenvalue weighted by Crippen LogP contribution is -2.50. The average Bonchev–Trinajstić information content (AvgIpc) is 2.51. The summed E-state index contributed by atoms with van der Waals surface area (Å²) < 4.78 is 19.9. The Morgan fingerprint density at radius 2 is 2.25 bits per heavy atom. The average molecular weight is 313 g/mol. The number of pyridine rings is 1. The Morgan fingerprint density at radius 3 is 2.95 bits per heavy atom. The van der Waals surface area contributed by atoms with Gasteiger partial charge in [-0.1, -0.05) is 23.4 Å². The zero-order valence-corrected chi connectivity index (χ0v) is 12.1. The first-order valence-corrected chi connectivity index (χ1v) is 7.79. The van der Waals surface area contributed by atoms with Gasteiger partial charge in [-0.25, -0.2) is 14.4 Å². The van der Waals surface area contributed by atoms with Gasteiger partial charge in [0.15, 0.2) is 16.1 Å². The quantitative estimate of drug-likeness (QED) is 0.458. The van der Waals surface area contributed by atoms with Crippen LogP contribution in [0.15, 0.2) is 5.16 Å². The molecule has 0 unspecified atom stereocenters. The number of nitrogens with zero attached hydrogens (tertiary/aromatic N) is 4. The van der Waals surface area contributed by atoms with E-state index < -0.39 is 5.82 Å². The Bertz CT molecular complexity index is 728. The normalized spacial score (nSPS) is 20.1. The van der Waals surface area contributed by atoms with Gasteiger partial charge in [-0.3, -0.25) is 0 Å². The van der Waals surface area contributed by atoms with E-state index in [9.17, 15) is 4.39 Å². The monoisotopic (exact) mass is 312 g/mol. The predicted octanol–water partition coefficient (Wildman–Crippen LogP) is 2.51. The summed E-state index contributed by atoms with van der Waals surface area (Å²) >= 11 is 7.21. The second kappa shape index (κ2) is 4.33. The number of ether oxygens (including phenoxy) is 1. The maximum Gasteiger partial charge on any atom is 0.228 e. The van der Waals surface area contributed by atoms with Crippen LogP contribution in [0, 0.1) is 5.82 Å². The maximum atomic E-state index is 14.2. The molecule has 8 heteroatoms. The van der Waals surface area contributed by atoms with Crippen LogP contribution >= 0.6 is 23.4 Å². The summed E-state index contributed by atoms with van der Waals surface area (Å²) in [5, 5.41) is 0.826. The summed E-state index contributed by atoms with van der Waals surface area (Å²) in [7, 11) is 0. The van der Waals surface area contributed by atoms with E-state index in [0.29, 0.717) is 28.8 Å². The summed E-state index contributed by atoms with van der Waals surface area (Å²) in [6, 6.07) is 0.263. The molecular formula is C12H10ClFN4OS. The molecule has 0 N–H and O–H groups in total. The number of rotatable bonds is 1. The molecule has 4 rings (SSSR count). The second-order valence-electron chi connectivity index (χ2n) is 4.73. The highest BCUT2D eigenvalue weighted by atomic mass is 35.5. The van der Waals surface area contributed by atoms with Gasteiger partial charge in [0.05, 0.1) is 6.04 Å². The number of hydrogen-bond acceptors (Lipinski definition) is 6. The van der Waals surface area contributed by atoms with Gasteiger partial charge in [0.25, 0.3) is 0 Å². The topological polar surface area (TPSA) is 51.1 Å². The lowest BCUT2D eigenvalue weighted by molar-refractivity contribution is 0.246. The Morgan fingerprint density at radius 1 is 1.40 bits per heavy atom. The van der Waals surface area contributed by atoms with Crippen LogP contribution in [0.25, 0.3) is 10.9 Å². The molecule has 20 heavy (non-hydrogen) atoms. The highest BCUT2D eigenvalue weighted by molar-refractivity contribution is 7.98. The standard InChI is InChI=1S/C12H10ClFN4OS/c1-20-12-15-8-6-10(17-12)18-3-2-5(18)4-19-11(6)16-9(13)7(8)14/h5H,2-4H2,1H3/t5-/m0/s1. The minimum atomic E-state index is -0.619. The van der Waals surface area contributed by atoms with Crippen LogP contribution in [0.4, 0.5) is 10.2 Å². The Labute approximate surface area is 123 Å². The predicted molar refractivity (Wildman–Crippen MR) is 75.3 cm³/mol. The van der Waals surface area contributed by atoms with E-state index in [4.69, 9.17) is 16.3 Å². The molecule has 5 nitrogen and oxygen atoms in total. The third-order valence-corrected chi connectivity index (χ3v) is 4.48. The van der Waals surface area contributed by atoms with Crippen molar-refractivity contribution < 1.29 is 9.13 Å². The summed E-state index contributed by atoms with van der Waals surface area (Å²) in [6.07, 6.45) is 2.89. The molecular weight excluding hydrogens is 303 g/mol. The molecule has 2 aliphatic heterocycles. The van der Waals surface area contributed by atoms with Gasteiger partial charge in [-0.15, -0.1) is 0 Å². The fraction of sp³-hybridized carbons (Fsp3) is 0.417. The summed E-state index contributed by atoms with van der Waals surface area (Å²) in [5.74, 6) is 0.404. The number of thioether (sulfide) groups is 1. The molecule has 2 aromatic rings. The van der Waals surface area contributed by atoms with Crippen LogP contribution in [0.1, 0.15) is 6.42 Å². The molecule has 0 radical (unpaired) electrons. The first kappa shape index (κ1) is 12.4. The third-order valence-electron chi connectivity index (χ3n) is 3.68. The minimum Gasteiger partial charge on any atom is -0.475 e. The van der Waals surface area contributed by atoms with Gasteiger partial charge in [-0.2, -0.15) is 4.98 Å². The Balaban J connectivity index is 2.10. The lowest BCUT2D eigenvalue weighted by atomic mass is 10.0. The van der Waals surface area contributed by atoms with Gasteiger partial charge >= 0.3 is 0 Å². The van der Waals surface area contributed by atoms with Crippen LogP contribution in [-0.4, -0.2) is 40.4 Å². The molecule has 1 atom stereocenters. The van der Waals surface area contributed by atoms with E-state index in [-0.39, 0.29) is 16.7 Å². The van der Waals surface area contributed by atoms with Crippen LogP contribution in [0.2, 0.25) is 5.15 Å². The van der Waals surface area contributed by atoms with Crippen molar-refractivity contribution in [1.29, 1.82) is 0 Å². The van der Waals surface area contributed by atoms with Crippen molar-refractivity contribution in [2.45, 2.75) is 17.6 Å². The molecule has 0 amide bonds. The molecule has 2 aliphatic rings. The Hall–Kier alpha value is -1.34. The molecule has 1 fully saturated rings. The van der Waals surface area contributed by atoms with Crippen LogP contribution in [-0.2, 0) is 0 Å². The third kappa shape index (κ3) is 1.59. The SMILES string of the molecule is CSc1nc2c3c(nc(Cl)c(F)c3n1)OC[C@@H]1CCN21. The number of anilines is 1. The fourth-order valence-electron chi connectivity index (χ4n) is 2.55. The van der Waals surface area contributed by atoms with Gasteiger partial charge in [0.2, 0.25) is 5.88 Å². The molecule has 0 saturated carbocycles. The highest BCUT2D eigenvalue weighted by Crippen LogP contribution is 2.41. The van der Waals surface area contributed by atoms with Gasteiger partial charge < -0.3 is 9.64 Å².